The van der Waals surface area contributed by atoms with Gasteiger partial charge in [-0.2, -0.15) is 0 Å². The predicted octanol–water partition coefficient (Wildman–Crippen LogP) is 4.75. The van der Waals surface area contributed by atoms with Crippen LogP contribution in [0.4, 0.5) is 5.69 Å². The van der Waals surface area contributed by atoms with Gasteiger partial charge in [0.1, 0.15) is 0 Å². The van der Waals surface area contributed by atoms with Gasteiger partial charge >= 0.3 is 0 Å². The number of nitrogens with zero attached hydrogens (tertiary/aromatic N) is 1. The molecule has 0 fully saturated rings. The molecule has 0 aliphatic carbocycles. The third kappa shape index (κ3) is 4.22. The Morgan fingerprint density at radius 2 is 1.77 bits per heavy atom. The molecule has 0 amide bonds. The maximum absolute atomic E-state index is 12.1. The molecule has 0 saturated heterocycles. The Labute approximate surface area is 137 Å². The number of carbonyl (C=O) groups excluding carboxylic acids is 1. The zero-order valence-corrected chi connectivity index (χ0v) is 13.9. The molecule has 0 N–H and O–H groups in total. The molecule has 0 aromatic heterocycles. The molecule has 0 bridgehead atoms. The van der Waals surface area contributed by atoms with Crippen molar-refractivity contribution in [2.75, 3.05) is 18.5 Å². The minimum atomic E-state index is -0.0703. The average molecular weight is 314 g/mol. The molecule has 114 valence electrons. The highest BCUT2D eigenvalue weighted by Crippen LogP contribution is 2.19. The van der Waals surface area contributed by atoms with E-state index in [0.717, 1.165) is 5.69 Å². The van der Waals surface area contributed by atoms with Crippen molar-refractivity contribution >= 4 is 23.1 Å². The van der Waals surface area contributed by atoms with Gasteiger partial charge in [-0.05, 0) is 37.1 Å². The molecule has 2 rings (SSSR count). The average Bonchev–Trinajstić information content (AvgIpc) is 2.50. The normalized spacial score (nSPS) is 11.4. The van der Waals surface area contributed by atoms with E-state index in [-0.39, 0.29) is 5.78 Å². The summed E-state index contributed by atoms with van der Waals surface area (Å²) in [5, 5.41) is 0.523. The van der Waals surface area contributed by atoms with Crippen LogP contribution in [0, 0.1) is 13.8 Å². The fourth-order valence-electron chi connectivity index (χ4n) is 2.15. The standard InChI is InChI=1S/C19H20ClNO/c1-14-9-10-18(11-15(14)2)21(3)13-17(20)12-19(22)16-7-5-4-6-8-16/h4-12H,13H2,1-3H3/b17-12-. The second kappa shape index (κ2) is 7.28. The van der Waals surface area contributed by atoms with E-state index in [1.165, 1.54) is 17.2 Å². The second-order valence-electron chi connectivity index (χ2n) is 5.45. The maximum atomic E-state index is 12.1. The van der Waals surface area contributed by atoms with E-state index < -0.39 is 0 Å². The number of allylic oxidation sites excluding steroid dienone is 1. The molecule has 0 spiro atoms. The van der Waals surface area contributed by atoms with E-state index in [1.54, 1.807) is 12.1 Å². The van der Waals surface area contributed by atoms with Crippen LogP contribution < -0.4 is 4.90 Å². The largest absolute Gasteiger partial charge is 0.369 e. The molecule has 0 aliphatic heterocycles. The van der Waals surface area contributed by atoms with Crippen molar-refractivity contribution in [3.63, 3.8) is 0 Å². The van der Waals surface area contributed by atoms with Gasteiger partial charge in [0.2, 0.25) is 0 Å². The number of likely N-dealkylation sites (N-methyl/N-ethyl adjacent to an activating group) is 1. The first kappa shape index (κ1) is 16.3. The molecule has 22 heavy (non-hydrogen) atoms. The van der Waals surface area contributed by atoms with Crippen molar-refractivity contribution in [2.24, 2.45) is 0 Å². The first-order chi connectivity index (χ1) is 10.5. The Bertz CT molecular complexity index is 692. The Kier molecular flexibility index (Phi) is 5.40. The first-order valence-electron chi connectivity index (χ1n) is 7.21. The number of hydrogen-bond acceptors (Lipinski definition) is 2. The van der Waals surface area contributed by atoms with Crippen LogP contribution in [0.1, 0.15) is 21.5 Å². The first-order valence-corrected chi connectivity index (χ1v) is 7.59. The molecule has 0 atom stereocenters. The lowest BCUT2D eigenvalue weighted by molar-refractivity contribution is 0.104. The van der Waals surface area contributed by atoms with Crippen molar-refractivity contribution < 1.29 is 4.79 Å². The third-order valence-electron chi connectivity index (χ3n) is 3.67. The van der Waals surface area contributed by atoms with Gasteiger partial charge in [-0.3, -0.25) is 4.79 Å². The van der Waals surface area contributed by atoms with Crippen molar-refractivity contribution in [3.8, 4) is 0 Å². The van der Waals surface area contributed by atoms with Crippen LogP contribution in [0.3, 0.4) is 0 Å². The summed E-state index contributed by atoms with van der Waals surface area (Å²) in [6.45, 7) is 4.68. The Hall–Kier alpha value is -2.06. The van der Waals surface area contributed by atoms with E-state index in [2.05, 4.69) is 32.0 Å². The zero-order chi connectivity index (χ0) is 16.1. The zero-order valence-electron chi connectivity index (χ0n) is 13.1. The van der Waals surface area contributed by atoms with Crippen molar-refractivity contribution in [2.45, 2.75) is 13.8 Å². The van der Waals surface area contributed by atoms with Crippen LogP contribution in [0.15, 0.2) is 59.6 Å². The molecule has 3 heteroatoms. The van der Waals surface area contributed by atoms with E-state index >= 15 is 0 Å². The van der Waals surface area contributed by atoms with E-state index in [1.807, 2.05) is 30.1 Å². The highest BCUT2D eigenvalue weighted by molar-refractivity contribution is 6.32. The van der Waals surface area contributed by atoms with E-state index in [0.29, 0.717) is 17.1 Å². The molecule has 2 aromatic rings. The summed E-state index contributed by atoms with van der Waals surface area (Å²) in [6.07, 6.45) is 1.49. The summed E-state index contributed by atoms with van der Waals surface area (Å²) in [5.41, 5.74) is 4.24. The molecule has 0 radical (unpaired) electrons. The minimum Gasteiger partial charge on any atom is -0.369 e. The van der Waals surface area contributed by atoms with Crippen LogP contribution in [0.5, 0.6) is 0 Å². The number of ketones is 1. The Morgan fingerprint density at radius 3 is 2.41 bits per heavy atom. The SMILES string of the molecule is Cc1ccc(N(C)C/C(Cl)=C/C(=O)c2ccccc2)cc1C. The summed E-state index contributed by atoms with van der Waals surface area (Å²) in [4.78, 5) is 14.1. The fraction of sp³-hybridized carbons (Fsp3) is 0.211. The maximum Gasteiger partial charge on any atom is 0.187 e. The summed E-state index contributed by atoms with van der Waals surface area (Å²) >= 11 is 6.24. The Morgan fingerprint density at radius 1 is 1.09 bits per heavy atom. The van der Waals surface area contributed by atoms with Gasteiger partial charge in [0.15, 0.2) is 5.78 Å². The van der Waals surface area contributed by atoms with Gasteiger partial charge in [-0.15, -0.1) is 0 Å². The van der Waals surface area contributed by atoms with Crippen molar-refractivity contribution in [3.05, 3.63) is 76.3 Å². The summed E-state index contributed by atoms with van der Waals surface area (Å²) in [7, 11) is 1.97. The van der Waals surface area contributed by atoms with Crippen LogP contribution in [0.25, 0.3) is 0 Å². The molecular weight excluding hydrogens is 294 g/mol. The van der Waals surface area contributed by atoms with Crippen LogP contribution in [-0.2, 0) is 0 Å². The van der Waals surface area contributed by atoms with Gasteiger partial charge < -0.3 is 4.90 Å². The Balaban J connectivity index is 2.07. The molecular formula is C19H20ClNO. The van der Waals surface area contributed by atoms with E-state index in [9.17, 15) is 4.79 Å². The number of anilines is 1. The van der Waals surface area contributed by atoms with Gasteiger partial charge in [0.25, 0.3) is 0 Å². The molecule has 0 saturated carbocycles. The highest BCUT2D eigenvalue weighted by atomic mass is 35.5. The number of rotatable bonds is 5. The summed E-state index contributed by atoms with van der Waals surface area (Å²) < 4.78 is 0. The van der Waals surface area contributed by atoms with Crippen LogP contribution in [-0.4, -0.2) is 19.4 Å². The number of hydrogen-bond donors (Lipinski definition) is 0. The van der Waals surface area contributed by atoms with E-state index in [4.69, 9.17) is 11.6 Å². The summed E-state index contributed by atoms with van der Waals surface area (Å²) in [6, 6.07) is 15.4. The summed E-state index contributed by atoms with van der Waals surface area (Å²) in [5.74, 6) is -0.0703. The topological polar surface area (TPSA) is 20.3 Å². The van der Waals surface area contributed by atoms with Crippen LogP contribution in [0.2, 0.25) is 0 Å². The van der Waals surface area contributed by atoms with Gasteiger partial charge in [0.05, 0.1) is 6.54 Å². The lowest BCUT2D eigenvalue weighted by atomic mass is 10.1. The number of aryl methyl sites for hydroxylation is 2. The van der Waals surface area contributed by atoms with Crippen molar-refractivity contribution in [1.29, 1.82) is 0 Å². The number of halogens is 1. The number of benzene rings is 2. The minimum absolute atomic E-state index is 0.0703. The molecule has 0 aliphatic rings. The van der Waals surface area contributed by atoms with Gasteiger partial charge in [-0.1, -0.05) is 48.0 Å². The number of carbonyl (C=O) groups is 1. The lowest BCUT2D eigenvalue weighted by Gasteiger charge is -2.20. The molecule has 2 aromatic carbocycles. The smallest absolute Gasteiger partial charge is 0.187 e. The highest BCUT2D eigenvalue weighted by Gasteiger charge is 2.07. The quantitative estimate of drug-likeness (QED) is 0.586. The fourth-order valence-corrected chi connectivity index (χ4v) is 2.43. The van der Waals surface area contributed by atoms with Gasteiger partial charge in [-0.25, -0.2) is 0 Å². The van der Waals surface area contributed by atoms with Crippen molar-refractivity contribution in [1.82, 2.24) is 0 Å². The third-order valence-corrected chi connectivity index (χ3v) is 3.89. The molecule has 2 nitrogen and oxygen atoms in total. The molecule has 0 heterocycles. The lowest BCUT2D eigenvalue weighted by Crippen LogP contribution is -2.19. The predicted molar refractivity (Wildman–Crippen MR) is 93.9 cm³/mol. The monoisotopic (exact) mass is 313 g/mol. The second-order valence-corrected chi connectivity index (χ2v) is 5.93. The van der Waals surface area contributed by atoms with Crippen LogP contribution >= 0.6 is 11.6 Å². The molecule has 0 unspecified atom stereocenters. The van der Waals surface area contributed by atoms with Gasteiger partial charge in [0, 0.05) is 29.4 Å².